The second-order valence-electron chi connectivity index (χ2n) is 3.47. The van der Waals surface area contributed by atoms with Crippen molar-refractivity contribution in [2.75, 3.05) is 0 Å². The Hall–Kier alpha value is -1.37. The van der Waals surface area contributed by atoms with Crippen molar-refractivity contribution in [1.82, 2.24) is 13.7 Å². The van der Waals surface area contributed by atoms with E-state index in [9.17, 15) is 14.4 Å². The summed E-state index contributed by atoms with van der Waals surface area (Å²) >= 11 is 0. The lowest BCUT2D eigenvalue weighted by Crippen LogP contribution is -2.52. The van der Waals surface area contributed by atoms with Gasteiger partial charge in [-0.25, -0.2) is 28.1 Å². The summed E-state index contributed by atoms with van der Waals surface area (Å²) in [6.45, 7) is 0.392. The zero-order valence-corrected chi connectivity index (χ0v) is 11.2. The molecule has 15 heavy (non-hydrogen) atoms. The SMILES string of the molecule is Cn1c(=O)n(C)c(=O)n(CCC[SiH3])c1=O. The normalized spacial score (nSPS) is 10.8. The molecule has 0 aliphatic carbocycles. The van der Waals surface area contributed by atoms with Gasteiger partial charge in [-0.05, 0) is 6.42 Å². The zero-order chi connectivity index (χ0) is 11.6. The zero-order valence-electron chi connectivity index (χ0n) is 9.19. The van der Waals surface area contributed by atoms with Gasteiger partial charge < -0.3 is 0 Å². The predicted molar refractivity (Wildman–Crippen MR) is 60.5 cm³/mol. The molecule has 0 aliphatic heterocycles. The molecule has 1 aromatic heterocycles. The molecule has 0 aliphatic rings. The van der Waals surface area contributed by atoms with Gasteiger partial charge in [0, 0.05) is 30.9 Å². The van der Waals surface area contributed by atoms with E-state index in [0.29, 0.717) is 6.54 Å². The largest absolute Gasteiger partial charge is 0.336 e. The van der Waals surface area contributed by atoms with Crippen molar-refractivity contribution in [3.05, 3.63) is 31.5 Å². The molecular weight excluding hydrogens is 214 g/mol. The van der Waals surface area contributed by atoms with Crippen LogP contribution in [0.3, 0.4) is 0 Å². The van der Waals surface area contributed by atoms with Crippen LogP contribution in [0.4, 0.5) is 0 Å². The van der Waals surface area contributed by atoms with Crippen LogP contribution in [0.25, 0.3) is 0 Å². The highest BCUT2D eigenvalue weighted by atomic mass is 28.1. The Morgan fingerprint density at radius 1 is 1.00 bits per heavy atom. The minimum Gasteiger partial charge on any atom is -0.248 e. The first-order valence-corrected chi connectivity index (χ1v) is 6.29. The Bertz CT molecular complexity index is 485. The van der Waals surface area contributed by atoms with Gasteiger partial charge in [-0.3, -0.25) is 0 Å². The lowest BCUT2D eigenvalue weighted by atomic mass is 10.5. The summed E-state index contributed by atoms with van der Waals surface area (Å²) in [4.78, 5) is 34.5. The molecule has 0 unspecified atom stereocenters. The summed E-state index contributed by atoms with van der Waals surface area (Å²) in [5.41, 5.74) is -1.64. The average molecular weight is 229 g/mol. The molecular formula is C8H15N3O3Si. The summed E-state index contributed by atoms with van der Waals surface area (Å²) in [6, 6.07) is 1.03. The van der Waals surface area contributed by atoms with Crippen molar-refractivity contribution in [3.63, 3.8) is 0 Å². The van der Waals surface area contributed by atoms with Crippen LogP contribution in [-0.2, 0) is 20.6 Å². The molecule has 0 saturated heterocycles. The Kier molecular flexibility index (Phi) is 3.46. The monoisotopic (exact) mass is 229 g/mol. The van der Waals surface area contributed by atoms with E-state index in [4.69, 9.17) is 0 Å². The Labute approximate surface area is 89.2 Å². The van der Waals surface area contributed by atoms with E-state index in [1.54, 1.807) is 0 Å². The van der Waals surface area contributed by atoms with Crippen LogP contribution in [0.1, 0.15) is 6.42 Å². The molecule has 0 spiro atoms. The first kappa shape index (κ1) is 11.7. The van der Waals surface area contributed by atoms with E-state index >= 15 is 0 Å². The maximum Gasteiger partial charge on any atom is 0.336 e. The van der Waals surface area contributed by atoms with Crippen molar-refractivity contribution >= 4 is 10.2 Å². The molecule has 1 heterocycles. The van der Waals surface area contributed by atoms with E-state index in [0.717, 1.165) is 36.4 Å². The molecule has 0 atom stereocenters. The third-order valence-electron chi connectivity index (χ3n) is 2.34. The fourth-order valence-corrected chi connectivity index (χ4v) is 1.66. The van der Waals surface area contributed by atoms with Crippen LogP contribution in [0.2, 0.25) is 6.04 Å². The molecule has 0 fully saturated rings. The topological polar surface area (TPSA) is 66.0 Å². The number of nitrogens with zero attached hydrogens (tertiary/aromatic N) is 3. The van der Waals surface area contributed by atoms with Crippen LogP contribution in [0.5, 0.6) is 0 Å². The number of aromatic nitrogens is 3. The maximum absolute atomic E-state index is 11.6. The summed E-state index contributed by atoms with van der Waals surface area (Å²) in [5.74, 6) is 0. The van der Waals surface area contributed by atoms with Gasteiger partial charge in [0.1, 0.15) is 0 Å². The van der Waals surface area contributed by atoms with Crippen LogP contribution < -0.4 is 17.1 Å². The van der Waals surface area contributed by atoms with Gasteiger partial charge in [0.2, 0.25) is 0 Å². The lowest BCUT2D eigenvalue weighted by molar-refractivity contribution is 0.499. The van der Waals surface area contributed by atoms with Gasteiger partial charge >= 0.3 is 17.1 Å². The second-order valence-corrected chi connectivity index (χ2v) is 4.47. The Balaban J connectivity index is 3.47. The van der Waals surface area contributed by atoms with Crippen molar-refractivity contribution in [2.45, 2.75) is 19.0 Å². The molecule has 1 aromatic rings. The summed E-state index contributed by atoms with van der Waals surface area (Å²) < 4.78 is 3.02. The quantitative estimate of drug-likeness (QED) is 0.535. The highest BCUT2D eigenvalue weighted by Gasteiger charge is 2.08. The summed E-state index contributed by atoms with van der Waals surface area (Å²) in [7, 11) is 3.80. The highest BCUT2D eigenvalue weighted by molar-refractivity contribution is 6.08. The molecule has 0 bridgehead atoms. The molecule has 0 aromatic carbocycles. The minimum atomic E-state index is -0.577. The fourth-order valence-electron chi connectivity index (χ4n) is 1.34. The molecule has 84 valence electrons. The Morgan fingerprint density at radius 3 is 1.87 bits per heavy atom. The van der Waals surface area contributed by atoms with Crippen LogP contribution >= 0.6 is 0 Å². The summed E-state index contributed by atoms with van der Waals surface area (Å²) in [6.07, 6.45) is 0.805. The van der Waals surface area contributed by atoms with Gasteiger partial charge in [-0.15, -0.1) is 0 Å². The fraction of sp³-hybridized carbons (Fsp3) is 0.625. The van der Waals surface area contributed by atoms with E-state index in [-0.39, 0.29) is 0 Å². The van der Waals surface area contributed by atoms with Crippen LogP contribution in [0.15, 0.2) is 14.4 Å². The molecule has 0 saturated carbocycles. The maximum atomic E-state index is 11.6. The van der Waals surface area contributed by atoms with E-state index in [2.05, 4.69) is 0 Å². The highest BCUT2D eigenvalue weighted by Crippen LogP contribution is 1.85. The Morgan fingerprint density at radius 2 is 1.47 bits per heavy atom. The van der Waals surface area contributed by atoms with Crippen molar-refractivity contribution in [1.29, 1.82) is 0 Å². The molecule has 0 N–H and O–H groups in total. The minimum absolute atomic E-state index is 0.392. The first-order valence-electron chi connectivity index (χ1n) is 4.87. The van der Waals surface area contributed by atoms with E-state index in [1.807, 2.05) is 0 Å². The van der Waals surface area contributed by atoms with Crippen molar-refractivity contribution < 1.29 is 0 Å². The average Bonchev–Trinajstić information content (AvgIpc) is 2.24. The van der Waals surface area contributed by atoms with E-state index < -0.39 is 17.1 Å². The summed E-state index contributed by atoms with van der Waals surface area (Å²) in [5, 5.41) is 0. The van der Waals surface area contributed by atoms with Gasteiger partial charge in [0.25, 0.3) is 0 Å². The second kappa shape index (κ2) is 4.43. The first-order chi connectivity index (χ1) is 7.00. The standard InChI is InChI=1S/C8H15N3O3Si/c1-9-6(12)10(2)8(14)11(7(9)13)4-3-5-15/h3-5H2,1-2,15H3. The lowest BCUT2D eigenvalue weighted by Gasteiger charge is -2.07. The molecule has 7 heteroatoms. The number of hydrogen-bond donors (Lipinski definition) is 0. The van der Waals surface area contributed by atoms with Gasteiger partial charge in [0.15, 0.2) is 0 Å². The number of rotatable bonds is 3. The molecule has 0 amide bonds. The number of hydrogen-bond acceptors (Lipinski definition) is 3. The molecule has 0 radical (unpaired) electrons. The third-order valence-corrected chi connectivity index (χ3v) is 3.05. The van der Waals surface area contributed by atoms with Crippen molar-refractivity contribution in [3.8, 4) is 0 Å². The van der Waals surface area contributed by atoms with Gasteiger partial charge in [0.05, 0.1) is 0 Å². The van der Waals surface area contributed by atoms with Crippen LogP contribution in [-0.4, -0.2) is 23.9 Å². The molecule has 6 nitrogen and oxygen atoms in total. The smallest absolute Gasteiger partial charge is 0.248 e. The third kappa shape index (κ3) is 2.01. The van der Waals surface area contributed by atoms with Gasteiger partial charge in [-0.2, -0.15) is 0 Å². The van der Waals surface area contributed by atoms with E-state index in [1.165, 1.54) is 14.1 Å². The van der Waals surface area contributed by atoms with Crippen molar-refractivity contribution in [2.24, 2.45) is 14.1 Å². The molecule has 1 rings (SSSR count). The van der Waals surface area contributed by atoms with Gasteiger partial charge in [-0.1, -0.05) is 6.04 Å². The van der Waals surface area contributed by atoms with Crippen LogP contribution in [0, 0.1) is 0 Å². The predicted octanol–water partition coefficient (Wildman–Crippen LogP) is -2.58.